The molecule has 0 aromatic heterocycles. The van der Waals surface area contributed by atoms with Crippen LogP contribution < -0.4 is 0 Å². The number of aryl methyl sites for hydroxylation is 1. The van der Waals surface area contributed by atoms with Crippen molar-refractivity contribution in [3.63, 3.8) is 0 Å². The van der Waals surface area contributed by atoms with Crippen LogP contribution in [-0.2, 0) is 4.74 Å². The van der Waals surface area contributed by atoms with Crippen molar-refractivity contribution < 1.29 is 9.53 Å². The van der Waals surface area contributed by atoms with Gasteiger partial charge in [-0.05, 0) is 18.5 Å². The Hall–Kier alpha value is -2.00. The Morgan fingerprint density at radius 3 is 2.86 bits per heavy atom. The summed E-state index contributed by atoms with van der Waals surface area (Å²) in [6, 6.07) is 4.97. The average Bonchev–Trinajstić information content (AvgIpc) is 2.20. The van der Waals surface area contributed by atoms with E-state index in [1.54, 1.807) is 18.2 Å². The molecule has 0 aliphatic carbocycles. The van der Waals surface area contributed by atoms with Crippen molar-refractivity contribution >= 4 is 11.7 Å². The van der Waals surface area contributed by atoms with Gasteiger partial charge >= 0.3 is 5.97 Å². The Labute approximate surface area is 80.9 Å². The highest BCUT2D eigenvalue weighted by Gasteiger charge is 2.10. The van der Waals surface area contributed by atoms with Crippen molar-refractivity contribution in [2.75, 3.05) is 7.11 Å². The molecule has 0 saturated heterocycles. The summed E-state index contributed by atoms with van der Waals surface area (Å²) in [5.74, 6) is -0.504. The fourth-order valence-electron chi connectivity index (χ4n) is 1.06. The maximum absolute atomic E-state index is 11.3. The van der Waals surface area contributed by atoms with Crippen molar-refractivity contribution in [2.24, 2.45) is 5.11 Å². The number of nitrogens with zero attached hydrogens (tertiary/aromatic N) is 3. The van der Waals surface area contributed by atoms with Gasteiger partial charge in [-0.3, -0.25) is 0 Å². The first kappa shape index (κ1) is 10.1. The van der Waals surface area contributed by atoms with E-state index in [1.807, 2.05) is 6.92 Å². The molecule has 0 saturated carbocycles. The summed E-state index contributed by atoms with van der Waals surface area (Å²) in [5, 5.41) is 3.40. The molecule has 1 aromatic carbocycles. The second-order valence-electron chi connectivity index (χ2n) is 2.70. The van der Waals surface area contributed by atoms with E-state index in [2.05, 4.69) is 14.8 Å². The molecular formula is C9H9N3O2. The van der Waals surface area contributed by atoms with Gasteiger partial charge in [0.1, 0.15) is 0 Å². The van der Waals surface area contributed by atoms with Crippen LogP contribution in [0.4, 0.5) is 5.69 Å². The van der Waals surface area contributed by atoms with E-state index in [4.69, 9.17) is 5.53 Å². The maximum Gasteiger partial charge on any atom is 0.338 e. The van der Waals surface area contributed by atoms with Gasteiger partial charge in [-0.1, -0.05) is 22.8 Å². The minimum absolute atomic E-state index is 0.282. The van der Waals surface area contributed by atoms with E-state index in [0.29, 0.717) is 0 Å². The molecule has 0 N–H and O–H groups in total. The molecule has 0 radical (unpaired) electrons. The Balaban J connectivity index is 3.28. The third kappa shape index (κ3) is 2.02. The van der Waals surface area contributed by atoms with Crippen LogP contribution in [0, 0.1) is 6.92 Å². The summed E-state index contributed by atoms with van der Waals surface area (Å²) in [4.78, 5) is 13.9. The Bertz CT molecular complexity index is 409. The zero-order chi connectivity index (χ0) is 10.6. The third-order valence-electron chi connectivity index (χ3n) is 1.71. The number of ether oxygens (including phenoxy) is 1. The normalized spacial score (nSPS) is 9.00. The molecule has 72 valence electrons. The first-order valence-corrected chi connectivity index (χ1v) is 3.93. The lowest BCUT2D eigenvalue weighted by molar-refractivity contribution is 0.0601. The standard InChI is InChI=1S/C9H9N3O2/c1-6-3-4-8(11-12-10)7(5-6)9(13)14-2/h3-5H,1-2H3. The lowest BCUT2D eigenvalue weighted by atomic mass is 10.1. The number of benzene rings is 1. The summed E-state index contributed by atoms with van der Waals surface area (Å²) in [6.45, 7) is 1.84. The fourth-order valence-corrected chi connectivity index (χ4v) is 1.06. The Morgan fingerprint density at radius 1 is 1.57 bits per heavy atom. The topological polar surface area (TPSA) is 75.1 Å². The monoisotopic (exact) mass is 191 g/mol. The summed E-state index contributed by atoms with van der Waals surface area (Å²) in [7, 11) is 1.28. The molecule has 5 nitrogen and oxygen atoms in total. The summed E-state index contributed by atoms with van der Waals surface area (Å²) >= 11 is 0. The average molecular weight is 191 g/mol. The number of azide groups is 1. The van der Waals surface area contributed by atoms with Crippen molar-refractivity contribution in [1.82, 2.24) is 0 Å². The number of methoxy groups -OCH3 is 1. The van der Waals surface area contributed by atoms with Crippen LogP contribution >= 0.6 is 0 Å². The molecule has 0 spiro atoms. The van der Waals surface area contributed by atoms with Gasteiger partial charge in [0.05, 0.1) is 18.4 Å². The van der Waals surface area contributed by atoms with E-state index in [0.717, 1.165) is 5.56 Å². The quantitative estimate of drug-likeness (QED) is 0.312. The highest BCUT2D eigenvalue weighted by molar-refractivity contribution is 5.94. The minimum atomic E-state index is -0.504. The number of carbonyl (C=O) groups is 1. The molecule has 0 aliphatic heterocycles. The molecule has 0 fully saturated rings. The minimum Gasteiger partial charge on any atom is -0.465 e. The van der Waals surface area contributed by atoms with E-state index in [1.165, 1.54) is 7.11 Å². The van der Waals surface area contributed by atoms with Crippen LogP contribution in [0.15, 0.2) is 23.3 Å². The van der Waals surface area contributed by atoms with Crippen LogP contribution in [-0.4, -0.2) is 13.1 Å². The Kier molecular flexibility index (Phi) is 3.09. The van der Waals surface area contributed by atoms with E-state index in [-0.39, 0.29) is 11.3 Å². The maximum atomic E-state index is 11.3. The molecule has 0 amide bonds. The molecule has 0 unspecified atom stereocenters. The molecule has 14 heavy (non-hydrogen) atoms. The molecule has 1 aromatic rings. The molecule has 0 heterocycles. The summed E-state index contributed by atoms with van der Waals surface area (Å²) < 4.78 is 4.56. The zero-order valence-corrected chi connectivity index (χ0v) is 7.89. The van der Waals surface area contributed by atoms with Crippen LogP contribution in [0.3, 0.4) is 0 Å². The van der Waals surface area contributed by atoms with Gasteiger partial charge in [0, 0.05) is 4.91 Å². The highest BCUT2D eigenvalue weighted by Crippen LogP contribution is 2.21. The van der Waals surface area contributed by atoms with Crippen molar-refractivity contribution in [3.05, 3.63) is 39.8 Å². The molecule has 0 atom stereocenters. The van der Waals surface area contributed by atoms with Crippen molar-refractivity contribution in [1.29, 1.82) is 0 Å². The Morgan fingerprint density at radius 2 is 2.29 bits per heavy atom. The van der Waals surface area contributed by atoms with Crippen LogP contribution in [0.1, 0.15) is 15.9 Å². The van der Waals surface area contributed by atoms with Crippen LogP contribution in [0.25, 0.3) is 10.4 Å². The first-order chi connectivity index (χ1) is 6.69. The highest BCUT2D eigenvalue weighted by atomic mass is 16.5. The van der Waals surface area contributed by atoms with Gasteiger partial charge in [0.25, 0.3) is 0 Å². The van der Waals surface area contributed by atoms with E-state index >= 15 is 0 Å². The number of hydrogen-bond acceptors (Lipinski definition) is 3. The SMILES string of the molecule is COC(=O)c1cc(C)ccc1N=[N+]=[N-]. The molecular weight excluding hydrogens is 182 g/mol. The van der Waals surface area contributed by atoms with Crippen molar-refractivity contribution in [3.8, 4) is 0 Å². The second kappa shape index (κ2) is 4.30. The van der Waals surface area contributed by atoms with E-state index in [9.17, 15) is 4.79 Å². The fraction of sp³-hybridized carbons (Fsp3) is 0.222. The van der Waals surface area contributed by atoms with Gasteiger partial charge < -0.3 is 4.74 Å². The third-order valence-corrected chi connectivity index (χ3v) is 1.71. The number of rotatable bonds is 2. The van der Waals surface area contributed by atoms with E-state index < -0.39 is 5.97 Å². The van der Waals surface area contributed by atoms with Gasteiger partial charge in [-0.2, -0.15) is 0 Å². The number of hydrogen-bond donors (Lipinski definition) is 0. The molecule has 1 rings (SSSR count). The lowest BCUT2D eigenvalue weighted by Gasteiger charge is -2.03. The lowest BCUT2D eigenvalue weighted by Crippen LogP contribution is -2.01. The first-order valence-electron chi connectivity index (χ1n) is 3.93. The molecule has 5 heteroatoms. The summed E-state index contributed by atoms with van der Waals surface area (Å²) in [5.41, 5.74) is 9.74. The van der Waals surface area contributed by atoms with Crippen LogP contribution in [0.2, 0.25) is 0 Å². The smallest absolute Gasteiger partial charge is 0.338 e. The van der Waals surface area contributed by atoms with Crippen LogP contribution in [0.5, 0.6) is 0 Å². The van der Waals surface area contributed by atoms with Crippen molar-refractivity contribution in [2.45, 2.75) is 6.92 Å². The van der Waals surface area contributed by atoms with Gasteiger partial charge in [-0.15, -0.1) is 0 Å². The number of esters is 1. The summed E-state index contributed by atoms with van der Waals surface area (Å²) in [6.07, 6.45) is 0. The second-order valence-corrected chi connectivity index (χ2v) is 2.70. The number of carbonyl (C=O) groups excluding carboxylic acids is 1. The van der Waals surface area contributed by atoms with Gasteiger partial charge in [0.2, 0.25) is 0 Å². The zero-order valence-electron chi connectivity index (χ0n) is 7.89. The predicted octanol–water partition coefficient (Wildman–Crippen LogP) is 2.72. The predicted molar refractivity (Wildman–Crippen MR) is 51.3 cm³/mol. The largest absolute Gasteiger partial charge is 0.465 e. The molecule has 0 bridgehead atoms. The van der Waals surface area contributed by atoms with Gasteiger partial charge in [-0.25, -0.2) is 4.79 Å². The van der Waals surface area contributed by atoms with Gasteiger partial charge in [0.15, 0.2) is 0 Å². The molecule has 0 aliphatic rings.